The molecule has 2 heterocycles. The Morgan fingerprint density at radius 3 is 2.31 bits per heavy atom. The summed E-state index contributed by atoms with van der Waals surface area (Å²) < 4.78 is 8.26. The Bertz CT molecular complexity index is 1320. The molecule has 0 spiro atoms. The van der Waals surface area contributed by atoms with Crippen molar-refractivity contribution < 1.29 is 4.74 Å². The Morgan fingerprint density at radius 1 is 0.938 bits per heavy atom. The first-order valence-electron chi connectivity index (χ1n) is 9.95. The number of ether oxygens (including phenoxy) is 1. The average molecular weight is 450 g/mol. The molecule has 4 aromatic rings. The van der Waals surface area contributed by atoms with Crippen molar-refractivity contribution in [1.82, 2.24) is 19.1 Å². The van der Waals surface area contributed by atoms with E-state index in [0.29, 0.717) is 16.6 Å². The van der Waals surface area contributed by atoms with Crippen LogP contribution in [0.3, 0.4) is 0 Å². The predicted molar refractivity (Wildman–Crippen MR) is 123 cm³/mol. The third-order valence-corrected chi connectivity index (χ3v) is 4.91. The number of hydrogen-bond donors (Lipinski definition) is 1. The summed E-state index contributed by atoms with van der Waals surface area (Å²) in [5.41, 5.74) is 0.312. The molecule has 0 aliphatic rings. The van der Waals surface area contributed by atoms with Gasteiger partial charge in [0, 0.05) is 18.4 Å². The second-order valence-electron chi connectivity index (χ2n) is 6.88. The predicted octanol–water partition coefficient (Wildman–Crippen LogP) is 4.06. The van der Waals surface area contributed by atoms with Crippen molar-refractivity contribution in [2.75, 3.05) is 5.32 Å². The van der Waals surface area contributed by atoms with E-state index in [4.69, 9.17) is 16.3 Å². The fourth-order valence-electron chi connectivity index (χ4n) is 3.08. The van der Waals surface area contributed by atoms with E-state index in [2.05, 4.69) is 15.3 Å². The van der Waals surface area contributed by atoms with E-state index < -0.39 is 11.4 Å². The molecule has 2 aromatic carbocycles. The molecule has 0 aliphatic carbocycles. The summed E-state index contributed by atoms with van der Waals surface area (Å²) in [5, 5.41) is 3.42. The van der Waals surface area contributed by atoms with Crippen molar-refractivity contribution in [1.29, 1.82) is 0 Å². The SMILES string of the molecule is CCn1c(=O)nc(Nc2ccc(Oc3ccccc3)cc2)n(Cc2ccc(Cl)nc2)c1=O. The number of para-hydroxylation sites is 1. The van der Waals surface area contributed by atoms with Crippen molar-refractivity contribution in [2.45, 2.75) is 20.0 Å². The van der Waals surface area contributed by atoms with Gasteiger partial charge in [-0.1, -0.05) is 35.9 Å². The molecule has 2 aromatic heterocycles. The second kappa shape index (κ2) is 9.49. The first-order valence-corrected chi connectivity index (χ1v) is 10.3. The van der Waals surface area contributed by atoms with Gasteiger partial charge in [0.2, 0.25) is 5.95 Å². The van der Waals surface area contributed by atoms with Gasteiger partial charge in [0.15, 0.2) is 0 Å². The van der Waals surface area contributed by atoms with Crippen LogP contribution < -0.4 is 21.4 Å². The number of pyridine rings is 1. The number of nitrogens with zero attached hydrogens (tertiary/aromatic N) is 4. The van der Waals surface area contributed by atoms with Gasteiger partial charge in [-0.15, -0.1) is 0 Å². The molecule has 0 bridgehead atoms. The Kier molecular flexibility index (Phi) is 6.32. The van der Waals surface area contributed by atoms with Crippen LogP contribution in [0.2, 0.25) is 5.15 Å². The zero-order valence-electron chi connectivity index (χ0n) is 17.2. The Hall–Kier alpha value is -3.91. The number of nitrogens with one attached hydrogen (secondary N) is 1. The van der Waals surface area contributed by atoms with Gasteiger partial charge in [-0.3, -0.25) is 4.57 Å². The van der Waals surface area contributed by atoms with Gasteiger partial charge in [-0.05, 0) is 55.0 Å². The first kappa shape index (κ1) is 21.3. The second-order valence-corrected chi connectivity index (χ2v) is 7.27. The van der Waals surface area contributed by atoms with E-state index in [1.54, 1.807) is 49.5 Å². The molecule has 0 fully saturated rings. The Labute approximate surface area is 188 Å². The lowest BCUT2D eigenvalue weighted by atomic mass is 10.3. The lowest BCUT2D eigenvalue weighted by Crippen LogP contribution is -2.42. The van der Waals surface area contributed by atoms with Gasteiger partial charge in [0.1, 0.15) is 16.7 Å². The number of rotatable bonds is 7. The van der Waals surface area contributed by atoms with Gasteiger partial charge < -0.3 is 10.1 Å². The number of halogens is 1. The normalized spacial score (nSPS) is 10.7. The molecule has 4 rings (SSSR count). The highest BCUT2D eigenvalue weighted by Crippen LogP contribution is 2.23. The fourth-order valence-corrected chi connectivity index (χ4v) is 3.19. The molecule has 0 unspecified atom stereocenters. The Morgan fingerprint density at radius 2 is 1.66 bits per heavy atom. The van der Waals surface area contributed by atoms with Gasteiger partial charge in [0.25, 0.3) is 0 Å². The summed E-state index contributed by atoms with van der Waals surface area (Å²) in [6.07, 6.45) is 1.58. The molecular formula is C23H20ClN5O3. The molecule has 1 N–H and O–H groups in total. The van der Waals surface area contributed by atoms with E-state index in [-0.39, 0.29) is 19.0 Å². The summed E-state index contributed by atoms with van der Waals surface area (Å²) in [5.74, 6) is 1.51. The van der Waals surface area contributed by atoms with Crippen LogP contribution >= 0.6 is 11.6 Å². The van der Waals surface area contributed by atoms with Gasteiger partial charge in [0.05, 0.1) is 6.54 Å². The highest BCUT2D eigenvalue weighted by molar-refractivity contribution is 6.29. The number of hydrogen-bond acceptors (Lipinski definition) is 6. The van der Waals surface area contributed by atoms with Gasteiger partial charge >= 0.3 is 11.4 Å². The molecule has 9 heteroatoms. The van der Waals surface area contributed by atoms with E-state index in [1.165, 1.54) is 4.57 Å². The largest absolute Gasteiger partial charge is 0.457 e. The maximum Gasteiger partial charge on any atom is 0.354 e. The lowest BCUT2D eigenvalue weighted by molar-refractivity contribution is 0.483. The molecule has 0 saturated carbocycles. The maximum absolute atomic E-state index is 12.9. The van der Waals surface area contributed by atoms with Crippen LogP contribution in [0.4, 0.5) is 11.6 Å². The van der Waals surface area contributed by atoms with Crippen molar-refractivity contribution in [3.05, 3.63) is 105 Å². The molecular weight excluding hydrogens is 430 g/mol. The third kappa shape index (κ3) is 4.87. The quantitative estimate of drug-likeness (QED) is 0.428. The number of benzene rings is 2. The zero-order chi connectivity index (χ0) is 22.5. The molecule has 0 aliphatic heterocycles. The Balaban J connectivity index is 1.63. The van der Waals surface area contributed by atoms with E-state index in [0.717, 1.165) is 15.9 Å². The van der Waals surface area contributed by atoms with Gasteiger partial charge in [-0.2, -0.15) is 4.98 Å². The van der Waals surface area contributed by atoms with Crippen molar-refractivity contribution in [3.8, 4) is 11.5 Å². The number of anilines is 2. The average Bonchev–Trinajstić information content (AvgIpc) is 2.80. The fraction of sp³-hybridized carbons (Fsp3) is 0.130. The van der Waals surface area contributed by atoms with Crippen LogP contribution in [0, 0.1) is 0 Å². The van der Waals surface area contributed by atoms with Crippen LogP contribution in [0.1, 0.15) is 12.5 Å². The molecule has 0 radical (unpaired) electrons. The summed E-state index contributed by atoms with van der Waals surface area (Å²) in [6.45, 7) is 2.11. The smallest absolute Gasteiger partial charge is 0.354 e. The van der Waals surface area contributed by atoms with Gasteiger partial charge in [-0.25, -0.2) is 19.1 Å². The molecule has 32 heavy (non-hydrogen) atoms. The minimum atomic E-state index is -0.616. The monoisotopic (exact) mass is 449 g/mol. The lowest BCUT2D eigenvalue weighted by Gasteiger charge is -2.15. The van der Waals surface area contributed by atoms with Crippen molar-refractivity contribution in [3.63, 3.8) is 0 Å². The molecule has 0 amide bonds. The van der Waals surface area contributed by atoms with E-state index >= 15 is 0 Å². The molecule has 0 saturated heterocycles. The molecule has 0 atom stereocenters. The van der Waals surface area contributed by atoms with Crippen LogP contribution in [0.5, 0.6) is 11.5 Å². The topological polar surface area (TPSA) is 91.0 Å². The van der Waals surface area contributed by atoms with Crippen LogP contribution in [0.25, 0.3) is 0 Å². The van der Waals surface area contributed by atoms with Crippen LogP contribution in [-0.4, -0.2) is 19.1 Å². The highest BCUT2D eigenvalue weighted by atomic mass is 35.5. The molecule has 162 valence electrons. The third-order valence-electron chi connectivity index (χ3n) is 4.68. The summed E-state index contributed by atoms with van der Waals surface area (Å²) in [4.78, 5) is 33.4. The highest BCUT2D eigenvalue weighted by Gasteiger charge is 2.13. The minimum absolute atomic E-state index is 0.136. The van der Waals surface area contributed by atoms with E-state index in [9.17, 15) is 9.59 Å². The summed E-state index contributed by atoms with van der Waals surface area (Å²) >= 11 is 5.86. The summed E-state index contributed by atoms with van der Waals surface area (Å²) in [7, 11) is 0. The van der Waals surface area contributed by atoms with Crippen molar-refractivity contribution >= 4 is 23.2 Å². The van der Waals surface area contributed by atoms with Crippen molar-refractivity contribution in [2.24, 2.45) is 0 Å². The zero-order valence-corrected chi connectivity index (χ0v) is 18.0. The first-order chi connectivity index (χ1) is 15.5. The van der Waals surface area contributed by atoms with Crippen LogP contribution in [-0.2, 0) is 13.1 Å². The maximum atomic E-state index is 12.9. The number of aromatic nitrogens is 4. The molecule has 8 nitrogen and oxygen atoms in total. The van der Waals surface area contributed by atoms with E-state index in [1.807, 2.05) is 30.3 Å². The minimum Gasteiger partial charge on any atom is -0.457 e. The van der Waals surface area contributed by atoms with Crippen LogP contribution in [0.15, 0.2) is 82.5 Å². The standard InChI is InChI=1S/C23H20ClN5O3/c1-2-28-22(30)27-21(29(23(28)31)15-16-8-13-20(24)25-14-16)26-17-9-11-19(12-10-17)32-18-6-4-3-5-7-18/h3-14H,2,15H2,1H3,(H,26,27,30). The summed E-state index contributed by atoms with van der Waals surface area (Å²) in [6, 6.07) is 20.0.